The summed E-state index contributed by atoms with van der Waals surface area (Å²) in [5, 5.41) is 0. The van der Waals surface area contributed by atoms with Gasteiger partial charge in [0.25, 0.3) is 0 Å². The number of ketones is 1. The van der Waals surface area contributed by atoms with Gasteiger partial charge in [-0.25, -0.2) is 0 Å². The van der Waals surface area contributed by atoms with Crippen LogP contribution in [0.15, 0.2) is 12.1 Å². The molecule has 5 aliphatic rings. The fourth-order valence-corrected chi connectivity index (χ4v) is 6.52. The van der Waals surface area contributed by atoms with E-state index in [4.69, 9.17) is 15.2 Å². The quantitative estimate of drug-likeness (QED) is 0.897. The summed E-state index contributed by atoms with van der Waals surface area (Å²) in [5.41, 5.74) is 9.02. The van der Waals surface area contributed by atoms with Gasteiger partial charge in [0.05, 0.1) is 12.5 Å². The highest BCUT2D eigenvalue weighted by molar-refractivity contribution is 5.90. The Morgan fingerprint density at radius 2 is 2.19 bits per heavy atom. The first-order valence-corrected chi connectivity index (χ1v) is 10.0. The maximum atomic E-state index is 12.9. The zero-order valence-electron chi connectivity index (χ0n) is 15.3. The van der Waals surface area contributed by atoms with E-state index >= 15 is 0 Å². The Hall–Kier alpha value is -1.59. The van der Waals surface area contributed by atoms with Crippen LogP contribution >= 0.6 is 0 Å². The SMILES string of the molecule is COc1ccc2c3c1O[C@H]1C(=O)CC[C@@]4(N)[C@@H](C2)N(CC2CC2)CC[C@]314. The van der Waals surface area contributed by atoms with Crippen molar-refractivity contribution < 1.29 is 14.3 Å². The van der Waals surface area contributed by atoms with E-state index in [0.717, 1.165) is 49.8 Å². The van der Waals surface area contributed by atoms with Crippen LogP contribution in [0.3, 0.4) is 0 Å². The lowest BCUT2D eigenvalue weighted by Crippen LogP contribution is -2.80. The van der Waals surface area contributed by atoms with Crippen LogP contribution in [0.2, 0.25) is 0 Å². The molecule has 3 aliphatic carbocycles. The second kappa shape index (κ2) is 4.82. The summed E-state index contributed by atoms with van der Waals surface area (Å²) in [6, 6.07) is 4.48. The molecule has 0 amide bonds. The Labute approximate surface area is 153 Å². The Balaban J connectivity index is 1.57. The Kier molecular flexibility index (Phi) is 2.86. The summed E-state index contributed by atoms with van der Waals surface area (Å²) >= 11 is 0. The van der Waals surface area contributed by atoms with Crippen LogP contribution in [0.4, 0.5) is 0 Å². The second-order valence-corrected chi connectivity index (χ2v) is 9.02. The van der Waals surface area contributed by atoms with Crippen LogP contribution in [0, 0.1) is 5.92 Å². The predicted octanol–water partition coefficient (Wildman–Crippen LogP) is 1.79. The van der Waals surface area contributed by atoms with E-state index in [-0.39, 0.29) is 16.7 Å². The molecule has 0 radical (unpaired) electrons. The van der Waals surface area contributed by atoms with E-state index in [1.807, 2.05) is 6.07 Å². The van der Waals surface area contributed by atoms with Crippen LogP contribution in [-0.4, -0.2) is 48.6 Å². The minimum Gasteiger partial charge on any atom is -0.493 e. The van der Waals surface area contributed by atoms with Crippen molar-refractivity contribution >= 4 is 5.78 Å². The lowest BCUT2D eigenvalue weighted by molar-refractivity contribution is -0.141. The zero-order valence-corrected chi connectivity index (χ0v) is 15.3. The van der Waals surface area contributed by atoms with Crippen molar-refractivity contribution in [1.29, 1.82) is 0 Å². The molecule has 0 aromatic heterocycles. The molecule has 26 heavy (non-hydrogen) atoms. The van der Waals surface area contributed by atoms with E-state index in [1.54, 1.807) is 7.11 Å². The van der Waals surface area contributed by atoms with Gasteiger partial charge in [0.15, 0.2) is 23.4 Å². The van der Waals surface area contributed by atoms with Crippen LogP contribution < -0.4 is 15.2 Å². The number of likely N-dealkylation sites (tertiary alicyclic amines) is 1. The van der Waals surface area contributed by atoms with Crippen LogP contribution in [0.1, 0.15) is 43.2 Å². The van der Waals surface area contributed by atoms with Gasteiger partial charge in [0.2, 0.25) is 0 Å². The average molecular weight is 354 g/mol. The molecule has 3 fully saturated rings. The monoisotopic (exact) mass is 354 g/mol. The van der Waals surface area contributed by atoms with Gasteiger partial charge in [-0.05, 0) is 56.2 Å². The van der Waals surface area contributed by atoms with Crippen molar-refractivity contribution in [2.24, 2.45) is 11.7 Å². The van der Waals surface area contributed by atoms with Gasteiger partial charge < -0.3 is 15.2 Å². The van der Waals surface area contributed by atoms with Crippen molar-refractivity contribution in [3.05, 3.63) is 23.3 Å². The molecule has 1 aromatic rings. The van der Waals surface area contributed by atoms with Crippen molar-refractivity contribution in [1.82, 2.24) is 4.90 Å². The molecule has 2 saturated carbocycles. The molecule has 0 unspecified atom stereocenters. The summed E-state index contributed by atoms with van der Waals surface area (Å²) in [6.07, 6.45) is 5.45. The van der Waals surface area contributed by atoms with Crippen molar-refractivity contribution in [3.8, 4) is 11.5 Å². The zero-order chi connectivity index (χ0) is 17.7. The third-order valence-corrected chi connectivity index (χ3v) is 7.90. The van der Waals surface area contributed by atoms with Gasteiger partial charge in [-0.15, -0.1) is 0 Å². The number of hydrogen-bond acceptors (Lipinski definition) is 5. The molecular weight excluding hydrogens is 328 g/mol. The number of rotatable bonds is 3. The van der Waals surface area contributed by atoms with Gasteiger partial charge in [-0.3, -0.25) is 9.69 Å². The van der Waals surface area contributed by atoms with Crippen molar-refractivity contribution in [3.63, 3.8) is 0 Å². The minimum atomic E-state index is -0.433. The lowest BCUT2D eigenvalue weighted by Gasteiger charge is -2.63. The van der Waals surface area contributed by atoms with Gasteiger partial charge in [-0.2, -0.15) is 0 Å². The Bertz CT molecular complexity index is 820. The number of carbonyl (C=O) groups is 1. The van der Waals surface area contributed by atoms with E-state index < -0.39 is 6.10 Å². The maximum Gasteiger partial charge on any atom is 0.174 e. The van der Waals surface area contributed by atoms with Crippen LogP contribution in [0.25, 0.3) is 0 Å². The molecule has 5 nitrogen and oxygen atoms in total. The van der Waals surface area contributed by atoms with E-state index in [9.17, 15) is 4.79 Å². The first kappa shape index (κ1) is 15.5. The molecule has 2 N–H and O–H groups in total. The number of methoxy groups -OCH3 is 1. The summed E-state index contributed by atoms with van der Waals surface area (Å²) in [4.78, 5) is 15.5. The van der Waals surface area contributed by atoms with Crippen LogP contribution in [0.5, 0.6) is 11.5 Å². The lowest BCUT2D eigenvalue weighted by atomic mass is 9.47. The number of Topliss-reactive ketones (excluding diaryl/α,β-unsaturated/α-hetero) is 1. The number of carbonyl (C=O) groups excluding carboxylic acids is 1. The fraction of sp³-hybridized carbons (Fsp3) is 0.667. The Morgan fingerprint density at radius 3 is 2.96 bits per heavy atom. The highest BCUT2D eigenvalue weighted by atomic mass is 16.5. The standard InChI is InChI=1S/C21H26N2O3/c1-25-15-5-4-13-10-16-21(22)7-6-14(24)19-20(21,17(13)18(15)26-19)8-9-23(16)11-12-2-3-12/h4-5,12,16,19H,2-3,6-11,22H2,1H3/t16-,19+,20+,21-/m1/s1. The first-order valence-electron chi connectivity index (χ1n) is 10.0. The van der Waals surface area contributed by atoms with Crippen molar-refractivity contribution in [2.45, 2.75) is 61.6 Å². The minimum absolute atomic E-state index is 0.214. The number of benzene rings is 1. The molecule has 5 heteroatoms. The summed E-state index contributed by atoms with van der Waals surface area (Å²) < 4.78 is 11.9. The smallest absolute Gasteiger partial charge is 0.174 e. The molecule has 1 spiro atoms. The van der Waals surface area contributed by atoms with Gasteiger partial charge in [-0.1, -0.05) is 6.07 Å². The molecule has 2 bridgehead atoms. The highest BCUT2D eigenvalue weighted by Crippen LogP contribution is 2.64. The first-order chi connectivity index (χ1) is 12.6. The summed E-state index contributed by atoms with van der Waals surface area (Å²) in [6.45, 7) is 2.18. The van der Waals surface area contributed by atoms with E-state index in [0.29, 0.717) is 12.5 Å². The summed E-state index contributed by atoms with van der Waals surface area (Å²) in [5.74, 6) is 2.59. The molecule has 2 heterocycles. The second-order valence-electron chi connectivity index (χ2n) is 9.02. The number of hydrogen-bond donors (Lipinski definition) is 1. The van der Waals surface area contributed by atoms with E-state index in [1.165, 1.54) is 24.0 Å². The van der Waals surface area contributed by atoms with Gasteiger partial charge in [0.1, 0.15) is 0 Å². The van der Waals surface area contributed by atoms with Crippen molar-refractivity contribution in [2.75, 3.05) is 20.2 Å². The fourth-order valence-electron chi connectivity index (χ4n) is 6.52. The largest absolute Gasteiger partial charge is 0.493 e. The normalized spacial score (nSPS) is 40.2. The Morgan fingerprint density at radius 1 is 1.35 bits per heavy atom. The molecule has 2 aliphatic heterocycles. The number of nitrogens with two attached hydrogens (primary N) is 1. The summed E-state index contributed by atoms with van der Waals surface area (Å²) in [7, 11) is 1.67. The number of piperidine rings is 1. The number of nitrogens with zero attached hydrogens (tertiary/aromatic N) is 1. The number of ether oxygens (including phenoxy) is 2. The van der Waals surface area contributed by atoms with E-state index in [2.05, 4.69) is 11.0 Å². The third kappa shape index (κ3) is 1.63. The third-order valence-electron chi connectivity index (χ3n) is 7.90. The molecule has 138 valence electrons. The predicted molar refractivity (Wildman–Crippen MR) is 96.7 cm³/mol. The highest BCUT2D eigenvalue weighted by Gasteiger charge is 2.72. The molecular formula is C21H26N2O3. The molecule has 4 atom stereocenters. The van der Waals surface area contributed by atoms with Crippen LogP contribution in [-0.2, 0) is 16.6 Å². The molecule has 6 rings (SSSR count). The molecule has 1 saturated heterocycles. The maximum absolute atomic E-state index is 12.9. The molecule has 1 aromatic carbocycles. The topological polar surface area (TPSA) is 64.8 Å². The van der Waals surface area contributed by atoms with Gasteiger partial charge in [0, 0.05) is 30.1 Å². The van der Waals surface area contributed by atoms with Gasteiger partial charge >= 0.3 is 0 Å². The average Bonchev–Trinajstić information content (AvgIpc) is 3.37.